The van der Waals surface area contributed by atoms with E-state index in [0.29, 0.717) is 31.7 Å². The van der Waals surface area contributed by atoms with Crippen molar-refractivity contribution < 1.29 is 19.2 Å². The number of carbonyl (C=O) groups is 2. The van der Waals surface area contributed by atoms with E-state index in [1.54, 1.807) is 0 Å². The third kappa shape index (κ3) is 3.05. The van der Waals surface area contributed by atoms with Gasteiger partial charge in [-0.15, -0.1) is 0 Å². The molecule has 3 heterocycles. The van der Waals surface area contributed by atoms with Crippen LogP contribution < -0.4 is 0 Å². The average Bonchev–Trinajstić information content (AvgIpc) is 3.02. The van der Waals surface area contributed by atoms with Gasteiger partial charge in [-0.1, -0.05) is 5.16 Å². The van der Waals surface area contributed by atoms with E-state index in [-0.39, 0.29) is 11.3 Å². The van der Waals surface area contributed by atoms with Crippen LogP contribution in [-0.2, 0) is 16.0 Å². The molecule has 1 aromatic rings. The van der Waals surface area contributed by atoms with Crippen LogP contribution in [0.25, 0.3) is 0 Å². The van der Waals surface area contributed by atoms with Crippen molar-refractivity contribution in [2.45, 2.75) is 45.6 Å². The smallest absolute Gasteiger partial charge is 0.320 e. The number of likely N-dealkylation sites (N-methyl/N-ethyl adjacent to an activating group) is 1. The summed E-state index contributed by atoms with van der Waals surface area (Å²) in [4.78, 5) is 27.7. The Morgan fingerprint density at radius 1 is 1.33 bits per heavy atom. The van der Waals surface area contributed by atoms with Gasteiger partial charge in [-0.3, -0.25) is 14.5 Å². The number of rotatable bonds is 3. The molecule has 1 atom stereocenters. The lowest BCUT2D eigenvalue weighted by molar-refractivity contribution is -0.142. The van der Waals surface area contributed by atoms with Crippen molar-refractivity contribution >= 4 is 11.9 Å². The molecule has 3 rings (SSSR count). The fraction of sp³-hybridized carbons (Fsp3) is 0.706. The Morgan fingerprint density at radius 3 is 2.50 bits per heavy atom. The topological polar surface area (TPSA) is 86.9 Å². The predicted octanol–water partition coefficient (Wildman–Crippen LogP) is 1.23. The zero-order valence-corrected chi connectivity index (χ0v) is 14.5. The number of aliphatic carboxylic acids is 1. The van der Waals surface area contributed by atoms with Crippen molar-refractivity contribution in [2.75, 3.05) is 26.7 Å². The van der Waals surface area contributed by atoms with Crippen LogP contribution in [0.15, 0.2) is 4.52 Å². The van der Waals surface area contributed by atoms with E-state index in [1.165, 1.54) is 0 Å². The molecule has 7 nitrogen and oxygen atoms in total. The molecule has 2 aliphatic heterocycles. The second-order valence-electron chi connectivity index (χ2n) is 7.33. The molecule has 1 amide bonds. The van der Waals surface area contributed by atoms with Crippen LogP contribution in [0, 0.1) is 19.3 Å². The number of aromatic nitrogens is 1. The molecule has 24 heavy (non-hydrogen) atoms. The normalized spacial score (nSPS) is 23.8. The molecule has 2 aliphatic rings. The third-order valence-electron chi connectivity index (χ3n) is 5.71. The first-order chi connectivity index (χ1) is 11.3. The van der Waals surface area contributed by atoms with Crippen molar-refractivity contribution in [1.82, 2.24) is 15.0 Å². The number of carboxylic acids is 1. The van der Waals surface area contributed by atoms with Crippen molar-refractivity contribution in [2.24, 2.45) is 5.41 Å². The Balaban J connectivity index is 1.59. The number of hydrogen-bond donors (Lipinski definition) is 1. The summed E-state index contributed by atoms with van der Waals surface area (Å²) in [5.74, 6) is 0.0581. The first-order valence-electron chi connectivity index (χ1n) is 8.44. The molecule has 1 aromatic heterocycles. The van der Waals surface area contributed by atoms with Crippen LogP contribution in [0.1, 0.15) is 36.3 Å². The first kappa shape index (κ1) is 17.0. The average molecular weight is 335 g/mol. The lowest BCUT2D eigenvalue weighted by atomic mass is 9.76. The molecule has 0 aromatic carbocycles. The zero-order valence-electron chi connectivity index (χ0n) is 14.5. The minimum atomic E-state index is -0.744. The quantitative estimate of drug-likeness (QED) is 0.894. The number of carboxylic acid groups (broad SMARTS) is 1. The number of likely N-dealkylation sites (tertiary alicyclic amines) is 2. The highest BCUT2D eigenvalue weighted by atomic mass is 16.5. The van der Waals surface area contributed by atoms with Gasteiger partial charge in [0.05, 0.1) is 12.1 Å². The summed E-state index contributed by atoms with van der Waals surface area (Å²) in [5.41, 5.74) is 1.69. The first-order valence-corrected chi connectivity index (χ1v) is 8.44. The van der Waals surface area contributed by atoms with Gasteiger partial charge in [0.15, 0.2) is 0 Å². The van der Waals surface area contributed by atoms with Gasteiger partial charge in [0.25, 0.3) is 0 Å². The minimum Gasteiger partial charge on any atom is -0.480 e. The number of nitrogens with zero attached hydrogens (tertiary/aromatic N) is 3. The molecule has 0 radical (unpaired) electrons. The van der Waals surface area contributed by atoms with Gasteiger partial charge in [0.2, 0.25) is 5.91 Å². The summed E-state index contributed by atoms with van der Waals surface area (Å²) in [7, 11) is 1.88. The van der Waals surface area contributed by atoms with Gasteiger partial charge < -0.3 is 14.5 Å². The maximum atomic E-state index is 12.6. The van der Waals surface area contributed by atoms with Gasteiger partial charge in [0, 0.05) is 25.2 Å². The minimum absolute atomic E-state index is 0.0393. The lowest BCUT2D eigenvalue weighted by Gasteiger charge is -2.39. The number of aryl methyl sites for hydroxylation is 2. The largest absolute Gasteiger partial charge is 0.480 e. The van der Waals surface area contributed by atoms with Crippen LogP contribution in [0.5, 0.6) is 0 Å². The molecular formula is C17H25N3O4. The Hall–Kier alpha value is -1.89. The summed E-state index contributed by atoms with van der Waals surface area (Å²) >= 11 is 0. The lowest BCUT2D eigenvalue weighted by Crippen LogP contribution is -2.44. The van der Waals surface area contributed by atoms with Crippen LogP contribution in [0.3, 0.4) is 0 Å². The predicted molar refractivity (Wildman–Crippen MR) is 86.6 cm³/mol. The molecule has 1 N–H and O–H groups in total. The zero-order chi connectivity index (χ0) is 17.5. The van der Waals surface area contributed by atoms with Crippen molar-refractivity contribution in [3.05, 3.63) is 17.0 Å². The Morgan fingerprint density at radius 2 is 2.00 bits per heavy atom. The second-order valence-corrected chi connectivity index (χ2v) is 7.33. The molecule has 0 saturated carbocycles. The Labute approximate surface area is 141 Å². The fourth-order valence-corrected chi connectivity index (χ4v) is 4.16. The van der Waals surface area contributed by atoms with Gasteiger partial charge >= 0.3 is 5.97 Å². The highest BCUT2D eigenvalue weighted by molar-refractivity contribution is 5.79. The molecule has 1 spiro atoms. The summed E-state index contributed by atoms with van der Waals surface area (Å²) in [6, 6.07) is -0.394. The van der Waals surface area contributed by atoms with E-state index in [9.17, 15) is 14.7 Å². The van der Waals surface area contributed by atoms with Crippen LogP contribution >= 0.6 is 0 Å². The number of carbonyl (C=O) groups excluding carboxylic acids is 1. The van der Waals surface area contributed by atoms with Gasteiger partial charge in [-0.25, -0.2) is 0 Å². The van der Waals surface area contributed by atoms with E-state index < -0.39 is 12.0 Å². The SMILES string of the molecule is Cc1noc(C)c1CC(=O)N1CCC2(CC1)C[C@@H](C(=O)O)N(C)C2. The van der Waals surface area contributed by atoms with E-state index in [1.807, 2.05) is 30.7 Å². The number of amides is 1. The summed E-state index contributed by atoms with van der Waals surface area (Å²) in [6.45, 7) is 5.87. The second kappa shape index (κ2) is 6.20. The molecular weight excluding hydrogens is 310 g/mol. The molecule has 7 heteroatoms. The van der Waals surface area contributed by atoms with E-state index in [4.69, 9.17) is 4.52 Å². The molecule has 0 unspecified atom stereocenters. The van der Waals surface area contributed by atoms with Crippen LogP contribution in [0.4, 0.5) is 0 Å². The van der Waals surface area contributed by atoms with E-state index in [2.05, 4.69) is 5.16 Å². The highest BCUT2D eigenvalue weighted by Gasteiger charge is 2.47. The highest BCUT2D eigenvalue weighted by Crippen LogP contribution is 2.42. The summed E-state index contributed by atoms with van der Waals surface area (Å²) < 4.78 is 5.12. The van der Waals surface area contributed by atoms with Gasteiger partial charge in [-0.05, 0) is 45.6 Å². The molecule has 2 fully saturated rings. The van der Waals surface area contributed by atoms with Crippen molar-refractivity contribution in [3.63, 3.8) is 0 Å². The molecule has 0 bridgehead atoms. The number of hydrogen-bond acceptors (Lipinski definition) is 5. The maximum absolute atomic E-state index is 12.6. The van der Waals surface area contributed by atoms with Crippen molar-refractivity contribution in [3.8, 4) is 0 Å². The Bertz CT molecular complexity index is 627. The third-order valence-corrected chi connectivity index (χ3v) is 5.71. The molecule has 132 valence electrons. The van der Waals surface area contributed by atoms with E-state index in [0.717, 1.165) is 30.6 Å². The van der Waals surface area contributed by atoms with Crippen LogP contribution in [-0.4, -0.2) is 64.7 Å². The number of piperidine rings is 1. The fourth-order valence-electron chi connectivity index (χ4n) is 4.16. The van der Waals surface area contributed by atoms with Crippen molar-refractivity contribution in [1.29, 1.82) is 0 Å². The molecule has 0 aliphatic carbocycles. The maximum Gasteiger partial charge on any atom is 0.320 e. The Kier molecular flexibility index (Phi) is 4.38. The standard InChI is InChI=1S/C17H25N3O4/c1-11-13(12(2)24-18-11)8-15(21)20-6-4-17(5-7-20)9-14(16(22)23)19(3)10-17/h14H,4-10H2,1-3H3,(H,22,23)/t14-/m0/s1. The summed E-state index contributed by atoms with van der Waals surface area (Å²) in [5, 5.41) is 13.2. The molecule has 2 saturated heterocycles. The summed E-state index contributed by atoms with van der Waals surface area (Å²) in [6.07, 6.45) is 2.75. The van der Waals surface area contributed by atoms with Gasteiger partial charge in [-0.2, -0.15) is 0 Å². The van der Waals surface area contributed by atoms with Crippen LogP contribution in [0.2, 0.25) is 0 Å². The van der Waals surface area contributed by atoms with Gasteiger partial charge in [0.1, 0.15) is 11.8 Å². The van der Waals surface area contributed by atoms with E-state index >= 15 is 0 Å². The monoisotopic (exact) mass is 335 g/mol.